The summed E-state index contributed by atoms with van der Waals surface area (Å²) in [5, 5.41) is 7.16. The number of aromatic nitrogens is 2. The summed E-state index contributed by atoms with van der Waals surface area (Å²) in [4.78, 5) is 12.3. The van der Waals surface area contributed by atoms with E-state index in [1.165, 1.54) is 15.8 Å². The third-order valence-electron chi connectivity index (χ3n) is 3.65. The van der Waals surface area contributed by atoms with Crippen LogP contribution in [-0.4, -0.2) is 21.7 Å². The van der Waals surface area contributed by atoms with Crippen molar-refractivity contribution in [3.05, 3.63) is 46.8 Å². The molecule has 0 aliphatic heterocycles. The van der Waals surface area contributed by atoms with Crippen LogP contribution in [0, 0.1) is 13.8 Å². The molecule has 2 aromatic rings. The number of hydrogen-bond donors (Lipinski definition) is 2. The van der Waals surface area contributed by atoms with Crippen molar-refractivity contribution in [1.82, 2.24) is 15.1 Å². The van der Waals surface area contributed by atoms with Crippen LogP contribution >= 0.6 is 0 Å². The summed E-state index contributed by atoms with van der Waals surface area (Å²) >= 11 is 0. The summed E-state index contributed by atoms with van der Waals surface area (Å²) in [5.74, 6) is -0.184. The van der Waals surface area contributed by atoms with Crippen LogP contribution < -0.4 is 11.1 Å². The maximum absolute atomic E-state index is 12.3. The fraction of sp³-hybridized carbons (Fsp3) is 0.375. The van der Waals surface area contributed by atoms with E-state index in [1.807, 2.05) is 19.1 Å². The first-order chi connectivity index (χ1) is 9.90. The Hall–Kier alpha value is -2.30. The van der Waals surface area contributed by atoms with E-state index < -0.39 is 0 Å². The third kappa shape index (κ3) is 3.24. The molecule has 1 amide bonds. The predicted molar refractivity (Wildman–Crippen MR) is 84.2 cm³/mol. The molecule has 1 heterocycles. The normalized spacial score (nSPS) is 12.2. The van der Waals surface area contributed by atoms with Gasteiger partial charge in [0.1, 0.15) is 5.69 Å². The van der Waals surface area contributed by atoms with Gasteiger partial charge < -0.3 is 11.1 Å². The van der Waals surface area contributed by atoms with Crippen molar-refractivity contribution in [3.8, 4) is 0 Å². The lowest BCUT2D eigenvalue weighted by molar-refractivity contribution is 0.0931. The molecule has 0 spiro atoms. The van der Waals surface area contributed by atoms with Gasteiger partial charge in [-0.05, 0) is 38.3 Å². The standard InChI is InChI=1S/C16H22N4O/c1-10-7-5-6-8-13(10)9-11(2)18-16(21)15-14(17)12(3)19-20(15)4/h5-8,11H,9,17H2,1-4H3,(H,18,21). The highest BCUT2D eigenvalue weighted by atomic mass is 16.2. The van der Waals surface area contributed by atoms with Gasteiger partial charge in [0.2, 0.25) is 0 Å². The molecule has 0 radical (unpaired) electrons. The van der Waals surface area contributed by atoms with Crippen LogP contribution in [0.3, 0.4) is 0 Å². The molecule has 21 heavy (non-hydrogen) atoms. The van der Waals surface area contributed by atoms with Crippen LogP contribution in [0.25, 0.3) is 0 Å². The van der Waals surface area contributed by atoms with E-state index in [2.05, 4.69) is 29.5 Å². The molecule has 0 aliphatic carbocycles. The lowest BCUT2D eigenvalue weighted by Gasteiger charge is -2.15. The fourth-order valence-corrected chi connectivity index (χ4v) is 2.46. The molecule has 5 nitrogen and oxygen atoms in total. The molecule has 5 heteroatoms. The molecular weight excluding hydrogens is 264 g/mol. The zero-order valence-electron chi connectivity index (χ0n) is 13.0. The molecule has 1 atom stereocenters. The number of amides is 1. The Bertz CT molecular complexity index is 660. The summed E-state index contributed by atoms with van der Waals surface area (Å²) in [6, 6.07) is 8.21. The number of rotatable bonds is 4. The Morgan fingerprint density at radius 3 is 2.62 bits per heavy atom. The number of carbonyl (C=O) groups excluding carboxylic acids is 1. The first kappa shape index (κ1) is 15.1. The van der Waals surface area contributed by atoms with Gasteiger partial charge in [-0.2, -0.15) is 5.10 Å². The lowest BCUT2D eigenvalue weighted by Crippen LogP contribution is -2.35. The SMILES string of the molecule is Cc1ccccc1CC(C)NC(=O)c1c(N)c(C)nn1C. The Kier molecular flexibility index (Phi) is 4.31. The second kappa shape index (κ2) is 5.99. The monoisotopic (exact) mass is 286 g/mol. The molecule has 0 aliphatic rings. The first-order valence-electron chi connectivity index (χ1n) is 7.04. The molecular formula is C16H22N4O. The molecule has 112 valence electrons. The summed E-state index contributed by atoms with van der Waals surface area (Å²) < 4.78 is 1.53. The van der Waals surface area contributed by atoms with Gasteiger partial charge in [0, 0.05) is 13.1 Å². The molecule has 0 bridgehead atoms. The van der Waals surface area contributed by atoms with Crippen LogP contribution in [0.2, 0.25) is 0 Å². The van der Waals surface area contributed by atoms with E-state index in [0.717, 1.165) is 6.42 Å². The number of anilines is 1. The maximum atomic E-state index is 12.3. The van der Waals surface area contributed by atoms with Gasteiger partial charge in [-0.3, -0.25) is 9.48 Å². The second-order valence-electron chi connectivity index (χ2n) is 5.48. The quantitative estimate of drug-likeness (QED) is 0.902. The minimum absolute atomic E-state index is 0.0215. The third-order valence-corrected chi connectivity index (χ3v) is 3.65. The first-order valence-corrected chi connectivity index (χ1v) is 7.04. The number of benzene rings is 1. The minimum atomic E-state index is -0.184. The van der Waals surface area contributed by atoms with Gasteiger partial charge in [0.25, 0.3) is 5.91 Å². The maximum Gasteiger partial charge on any atom is 0.271 e. The number of nitrogens with one attached hydrogen (secondary N) is 1. The smallest absolute Gasteiger partial charge is 0.271 e. The van der Waals surface area contributed by atoms with E-state index >= 15 is 0 Å². The van der Waals surface area contributed by atoms with Gasteiger partial charge in [-0.25, -0.2) is 0 Å². The van der Waals surface area contributed by atoms with Crippen LogP contribution in [0.4, 0.5) is 5.69 Å². The molecule has 0 fully saturated rings. The van der Waals surface area contributed by atoms with E-state index in [4.69, 9.17) is 5.73 Å². The molecule has 0 saturated carbocycles. The largest absolute Gasteiger partial charge is 0.395 e. The average molecular weight is 286 g/mol. The number of aryl methyl sites for hydroxylation is 3. The van der Waals surface area contributed by atoms with Crippen molar-refractivity contribution < 1.29 is 4.79 Å². The topological polar surface area (TPSA) is 72.9 Å². The van der Waals surface area contributed by atoms with Crippen molar-refractivity contribution in [1.29, 1.82) is 0 Å². The summed E-state index contributed by atoms with van der Waals surface area (Å²) in [6.07, 6.45) is 0.787. The molecule has 1 unspecified atom stereocenters. The summed E-state index contributed by atoms with van der Waals surface area (Å²) in [5.41, 5.74) is 9.92. The van der Waals surface area contributed by atoms with Gasteiger partial charge in [-0.1, -0.05) is 24.3 Å². The van der Waals surface area contributed by atoms with Crippen LogP contribution in [0.5, 0.6) is 0 Å². The highest BCUT2D eigenvalue weighted by Crippen LogP contribution is 2.16. The number of nitrogens with two attached hydrogens (primary N) is 1. The molecule has 0 saturated heterocycles. The van der Waals surface area contributed by atoms with Crippen molar-refractivity contribution in [3.63, 3.8) is 0 Å². The predicted octanol–water partition coefficient (Wildman–Crippen LogP) is 1.98. The number of hydrogen-bond acceptors (Lipinski definition) is 3. The molecule has 1 aromatic carbocycles. The highest BCUT2D eigenvalue weighted by molar-refractivity contribution is 5.98. The van der Waals surface area contributed by atoms with E-state index in [1.54, 1.807) is 14.0 Å². The fourth-order valence-electron chi connectivity index (χ4n) is 2.46. The summed E-state index contributed by atoms with van der Waals surface area (Å²) in [6.45, 7) is 5.86. The van der Waals surface area contributed by atoms with Crippen molar-refractivity contribution in [2.24, 2.45) is 7.05 Å². The Morgan fingerprint density at radius 2 is 2.05 bits per heavy atom. The zero-order valence-corrected chi connectivity index (χ0v) is 13.0. The van der Waals surface area contributed by atoms with Gasteiger partial charge in [0.05, 0.1) is 11.4 Å². The number of nitrogens with zero attached hydrogens (tertiary/aromatic N) is 2. The Balaban J connectivity index is 2.07. The Morgan fingerprint density at radius 1 is 1.38 bits per heavy atom. The van der Waals surface area contributed by atoms with Gasteiger partial charge in [0.15, 0.2) is 0 Å². The highest BCUT2D eigenvalue weighted by Gasteiger charge is 2.19. The van der Waals surface area contributed by atoms with Crippen LogP contribution in [0.15, 0.2) is 24.3 Å². The summed E-state index contributed by atoms with van der Waals surface area (Å²) in [7, 11) is 1.73. The second-order valence-corrected chi connectivity index (χ2v) is 5.48. The minimum Gasteiger partial charge on any atom is -0.395 e. The van der Waals surface area contributed by atoms with Gasteiger partial charge in [-0.15, -0.1) is 0 Å². The van der Waals surface area contributed by atoms with E-state index in [0.29, 0.717) is 17.1 Å². The van der Waals surface area contributed by atoms with Crippen molar-refractivity contribution >= 4 is 11.6 Å². The molecule has 3 N–H and O–H groups in total. The van der Waals surface area contributed by atoms with Gasteiger partial charge >= 0.3 is 0 Å². The van der Waals surface area contributed by atoms with E-state index in [-0.39, 0.29) is 11.9 Å². The molecule has 1 aromatic heterocycles. The zero-order chi connectivity index (χ0) is 15.6. The van der Waals surface area contributed by atoms with Crippen LogP contribution in [0.1, 0.15) is 34.2 Å². The van der Waals surface area contributed by atoms with Crippen molar-refractivity contribution in [2.45, 2.75) is 33.2 Å². The number of carbonyl (C=O) groups is 1. The average Bonchev–Trinajstić information content (AvgIpc) is 2.66. The number of nitrogen functional groups attached to an aromatic ring is 1. The van der Waals surface area contributed by atoms with Crippen molar-refractivity contribution in [2.75, 3.05) is 5.73 Å². The van der Waals surface area contributed by atoms with E-state index in [9.17, 15) is 4.79 Å². The molecule has 2 rings (SSSR count). The lowest BCUT2D eigenvalue weighted by atomic mass is 10.0. The Labute approximate surface area is 125 Å². The van der Waals surface area contributed by atoms with Crippen LogP contribution in [-0.2, 0) is 13.5 Å².